The summed E-state index contributed by atoms with van der Waals surface area (Å²) < 4.78 is 1.58. The second-order valence-electron chi connectivity index (χ2n) is 5.44. The fraction of sp³-hybridized carbons (Fsp3) is 0.250. The second kappa shape index (κ2) is 8.02. The number of fused-ring (bicyclic) bond motifs is 1. The number of anilines is 1. The number of amides is 1. The Kier molecular flexibility index (Phi) is 5.54. The number of nitrogen functional groups attached to an aromatic ring is 1. The molecule has 0 aliphatic heterocycles. The van der Waals surface area contributed by atoms with E-state index in [4.69, 9.17) is 5.73 Å². The van der Waals surface area contributed by atoms with Crippen LogP contribution in [0.25, 0.3) is 11.2 Å². The quantitative estimate of drug-likeness (QED) is 0.430. The van der Waals surface area contributed by atoms with E-state index in [9.17, 15) is 14.7 Å². The lowest BCUT2D eigenvalue weighted by atomic mass is 10.2. The zero-order valence-corrected chi connectivity index (χ0v) is 14.6. The Bertz CT molecular complexity index is 969. The normalized spacial score (nSPS) is 11.0. The van der Waals surface area contributed by atoms with Crippen LogP contribution < -0.4 is 16.6 Å². The van der Waals surface area contributed by atoms with E-state index in [-0.39, 0.29) is 41.9 Å². The molecule has 1 aromatic carbocycles. The van der Waals surface area contributed by atoms with E-state index in [0.29, 0.717) is 11.7 Å². The van der Waals surface area contributed by atoms with Crippen molar-refractivity contribution in [3.63, 3.8) is 0 Å². The zero-order valence-electron chi connectivity index (χ0n) is 13.8. The molecule has 2 heterocycles. The van der Waals surface area contributed by atoms with Crippen LogP contribution in [-0.4, -0.2) is 42.9 Å². The number of aliphatic hydroxyl groups is 1. The van der Waals surface area contributed by atoms with Crippen molar-refractivity contribution in [2.24, 2.45) is 0 Å². The summed E-state index contributed by atoms with van der Waals surface area (Å²) in [6, 6.07) is 9.58. The molecule has 0 spiro atoms. The molecule has 0 saturated carbocycles. The second-order valence-corrected chi connectivity index (χ2v) is 6.39. The zero-order chi connectivity index (χ0) is 18.5. The lowest BCUT2D eigenvalue weighted by Crippen LogP contribution is -2.24. The van der Waals surface area contributed by atoms with Crippen LogP contribution in [0.15, 0.2) is 40.3 Å². The van der Waals surface area contributed by atoms with Crippen molar-refractivity contribution in [2.75, 3.05) is 18.1 Å². The van der Waals surface area contributed by atoms with E-state index in [1.165, 1.54) is 11.8 Å². The highest BCUT2D eigenvalue weighted by molar-refractivity contribution is 7.99. The van der Waals surface area contributed by atoms with Crippen molar-refractivity contribution in [3.8, 4) is 0 Å². The molecule has 136 valence electrons. The van der Waals surface area contributed by atoms with Gasteiger partial charge in [0.05, 0.1) is 12.4 Å². The number of aromatic nitrogens is 4. The number of aliphatic hydroxyl groups excluding tert-OH is 1. The maximum Gasteiger partial charge on any atom is 0.280 e. The van der Waals surface area contributed by atoms with Gasteiger partial charge in [0.2, 0.25) is 11.9 Å². The van der Waals surface area contributed by atoms with Gasteiger partial charge in [-0.25, -0.2) is 4.98 Å². The van der Waals surface area contributed by atoms with Crippen LogP contribution in [0.5, 0.6) is 0 Å². The molecule has 2 aromatic heterocycles. The Morgan fingerprint density at radius 3 is 2.81 bits per heavy atom. The predicted molar refractivity (Wildman–Crippen MR) is 98.7 cm³/mol. The number of benzene rings is 1. The first-order valence-corrected chi connectivity index (χ1v) is 8.87. The van der Waals surface area contributed by atoms with E-state index in [0.717, 1.165) is 5.56 Å². The summed E-state index contributed by atoms with van der Waals surface area (Å²) in [4.78, 5) is 34.7. The lowest BCUT2D eigenvalue weighted by Gasteiger charge is -2.07. The molecular weight excluding hydrogens is 356 g/mol. The summed E-state index contributed by atoms with van der Waals surface area (Å²) in [7, 11) is 0. The minimum absolute atomic E-state index is 0.0289. The van der Waals surface area contributed by atoms with Crippen molar-refractivity contribution in [1.29, 1.82) is 0 Å². The SMILES string of the molecule is Nc1nc2c(nc(SCC(=O)NCc3ccccc3)n2CCO)c(=O)[nH]1. The molecule has 0 atom stereocenters. The number of carbonyl (C=O) groups is 1. The standard InChI is InChI=1S/C16H18N6O3S/c17-15-20-13-12(14(25)21-15)19-16(22(13)6-7-23)26-9-11(24)18-8-10-4-2-1-3-5-10/h1-5,23H,6-9H2,(H,18,24)(H3,17,20,21,25). The van der Waals surface area contributed by atoms with E-state index < -0.39 is 5.56 Å². The number of nitrogens with zero attached hydrogens (tertiary/aromatic N) is 3. The van der Waals surface area contributed by atoms with E-state index in [2.05, 4.69) is 20.3 Å². The van der Waals surface area contributed by atoms with Crippen LogP contribution in [0.1, 0.15) is 5.56 Å². The number of imidazole rings is 1. The summed E-state index contributed by atoms with van der Waals surface area (Å²) in [6.07, 6.45) is 0. The summed E-state index contributed by atoms with van der Waals surface area (Å²) in [5.74, 6) is -0.0730. The predicted octanol–water partition coefficient (Wildman–Crippen LogP) is 0.103. The molecule has 0 unspecified atom stereocenters. The van der Waals surface area contributed by atoms with Gasteiger partial charge in [0, 0.05) is 13.1 Å². The molecule has 0 fully saturated rings. The van der Waals surface area contributed by atoms with Crippen LogP contribution >= 0.6 is 11.8 Å². The molecule has 0 bridgehead atoms. The molecule has 10 heteroatoms. The Labute approximate surface area is 152 Å². The Morgan fingerprint density at radius 2 is 2.08 bits per heavy atom. The molecule has 26 heavy (non-hydrogen) atoms. The fourth-order valence-electron chi connectivity index (χ4n) is 2.40. The molecule has 1 amide bonds. The van der Waals surface area contributed by atoms with Crippen molar-refractivity contribution in [1.82, 2.24) is 24.8 Å². The third kappa shape index (κ3) is 4.03. The van der Waals surface area contributed by atoms with Crippen molar-refractivity contribution in [2.45, 2.75) is 18.2 Å². The highest BCUT2D eigenvalue weighted by Crippen LogP contribution is 2.21. The van der Waals surface area contributed by atoms with Gasteiger partial charge in [-0.1, -0.05) is 42.1 Å². The van der Waals surface area contributed by atoms with Crippen molar-refractivity contribution in [3.05, 3.63) is 46.2 Å². The first-order chi connectivity index (χ1) is 12.6. The average molecular weight is 374 g/mol. The van der Waals surface area contributed by atoms with Gasteiger partial charge in [-0.05, 0) is 5.56 Å². The number of nitrogens with two attached hydrogens (primary N) is 1. The molecule has 3 rings (SSSR count). The van der Waals surface area contributed by atoms with Crippen LogP contribution in [0, 0.1) is 0 Å². The number of rotatable bonds is 7. The first kappa shape index (κ1) is 18.0. The van der Waals surface area contributed by atoms with Crippen molar-refractivity contribution >= 4 is 34.8 Å². The highest BCUT2D eigenvalue weighted by atomic mass is 32.2. The highest BCUT2D eigenvalue weighted by Gasteiger charge is 2.16. The smallest absolute Gasteiger partial charge is 0.280 e. The Balaban J connectivity index is 1.71. The largest absolute Gasteiger partial charge is 0.395 e. The number of hydrogen-bond acceptors (Lipinski definition) is 7. The molecule has 0 aliphatic carbocycles. The summed E-state index contributed by atoms with van der Waals surface area (Å²) >= 11 is 1.17. The number of H-pyrrole nitrogens is 1. The van der Waals surface area contributed by atoms with E-state index in [1.807, 2.05) is 30.3 Å². The topological polar surface area (TPSA) is 139 Å². The average Bonchev–Trinajstić information content (AvgIpc) is 2.97. The fourth-order valence-corrected chi connectivity index (χ4v) is 3.25. The van der Waals surface area contributed by atoms with Gasteiger partial charge in [0.15, 0.2) is 16.3 Å². The molecule has 9 nitrogen and oxygen atoms in total. The van der Waals surface area contributed by atoms with Gasteiger partial charge in [-0.3, -0.25) is 14.6 Å². The molecule has 3 aromatic rings. The van der Waals surface area contributed by atoms with Gasteiger partial charge in [0.25, 0.3) is 5.56 Å². The number of hydrogen-bond donors (Lipinski definition) is 4. The molecule has 0 saturated heterocycles. The van der Waals surface area contributed by atoms with Gasteiger partial charge >= 0.3 is 0 Å². The van der Waals surface area contributed by atoms with Gasteiger partial charge in [0.1, 0.15) is 0 Å². The number of aromatic amines is 1. The monoisotopic (exact) mass is 374 g/mol. The minimum Gasteiger partial charge on any atom is -0.395 e. The first-order valence-electron chi connectivity index (χ1n) is 7.89. The van der Waals surface area contributed by atoms with Crippen LogP contribution in [-0.2, 0) is 17.9 Å². The summed E-state index contributed by atoms with van der Waals surface area (Å²) in [5, 5.41) is 12.5. The van der Waals surface area contributed by atoms with E-state index >= 15 is 0 Å². The molecule has 0 radical (unpaired) electrons. The maximum absolute atomic E-state index is 12.1. The number of thioether (sulfide) groups is 1. The molecular formula is C16H18N6O3S. The third-order valence-electron chi connectivity index (χ3n) is 3.58. The van der Waals surface area contributed by atoms with Crippen LogP contribution in [0.4, 0.5) is 5.95 Å². The Hall–Kier alpha value is -2.85. The van der Waals surface area contributed by atoms with Crippen LogP contribution in [0.2, 0.25) is 0 Å². The number of nitrogens with one attached hydrogen (secondary N) is 2. The lowest BCUT2D eigenvalue weighted by molar-refractivity contribution is -0.118. The maximum atomic E-state index is 12.1. The molecule has 0 aliphatic rings. The Morgan fingerprint density at radius 1 is 1.31 bits per heavy atom. The summed E-state index contributed by atoms with van der Waals surface area (Å²) in [6.45, 7) is 0.471. The van der Waals surface area contributed by atoms with Gasteiger partial charge in [-0.15, -0.1) is 0 Å². The minimum atomic E-state index is -0.459. The summed E-state index contributed by atoms with van der Waals surface area (Å²) in [5.41, 5.74) is 6.53. The van der Waals surface area contributed by atoms with E-state index in [1.54, 1.807) is 4.57 Å². The van der Waals surface area contributed by atoms with Gasteiger partial charge in [-0.2, -0.15) is 4.98 Å². The van der Waals surface area contributed by atoms with Gasteiger partial charge < -0.3 is 20.7 Å². The molecule has 5 N–H and O–H groups in total. The van der Waals surface area contributed by atoms with Crippen molar-refractivity contribution < 1.29 is 9.90 Å². The third-order valence-corrected chi connectivity index (χ3v) is 4.55. The number of carbonyl (C=O) groups excluding carboxylic acids is 1. The van der Waals surface area contributed by atoms with Crippen LogP contribution in [0.3, 0.4) is 0 Å².